The largest absolute Gasteiger partial charge is 0.492 e. The summed E-state index contributed by atoms with van der Waals surface area (Å²) in [6.07, 6.45) is 3.13. The van der Waals surface area contributed by atoms with E-state index in [-0.39, 0.29) is 18.8 Å². The minimum Gasteiger partial charge on any atom is -0.492 e. The van der Waals surface area contributed by atoms with Crippen LogP contribution in [0.25, 0.3) is 0 Å². The number of rotatable bonds is 9. The topological polar surface area (TPSA) is 59.0 Å². The van der Waals surface area contributed by atoms with Gasteiger partial charge >= 0.3 is 5.97 Å². The fourth-order valence-corrected chi connectivity index (χ4v) is 3.37. The normalized spacial score (nSPS) is 16.4. The molecule has 0 bridgehead atoms. The molecule has 0 amide bonds. The highest BCUT2D eigenvalue weighted by atomic mass is 35.5. The van der Waals surface area contributed by atoms with Crippen LogP contribution in [-0.4, -0.2) is 41.7 Å². The lowest BCUT2D eigenvalue weighted by molar-refractivity contribution is -0.137. The SMILES string of the molecule is Cl.O=C(O)CCCN1CCCC1COc1ccc(Oc2ccc(Cl)cc2)cc1. The van der Waals surface area contributed by atoms with Crippen LogP contribution in [0.15, 0.2) is 48.5 Å². The van der Waals surface area contributed by atoms with Gasteiger partial charge < -0.3 is 14.6 Å². The average Bonchev–Trinajstić information content (AvgIpc) is 3.10. The number of aliphatic carboxylic acids is 1. The van der Waals surface area contributed by atoms with Crippen LogP contribution in [0.1, 0.15) is 25.7 Å². The summed E-state index contributed by atoms with van der Waals surface area (Å²) in [5.41, 5.74) is 0. The molecule has 5 nitrogen and oxygen atoms in total. The maximum atomic E-state index is 10.7. The fourth-order valence-electron chi connectivity index (χ4n) is 3.25. The van der Waals surface area contributed by atoms with E-state index in [1.807, 2.05) is 36.4 Å². The summed E-state index contributed by atoms with van der Waals surface area (Å²) >= 11 is 5.87. The molecule has 2 aromatic rings. The number of hydrogen-bond donors (Lipinski definition) is 1. The van der Waals surface area contributed by atoms with Gasteiger partial charge in [0.25, 0.3) is 0 Å². The highest BCUT2D eigenvalue weighted by Gasteiger charge is 2.24. The van der Waals surface area contributed by atoms with E-state index >= 15 is 0 Å². The summed E-state index contributed by atoms with van der Waals surface area (Å²) in [4.78, 5) is 13.0. The van der Waals surface area contributed by atoms with Crippen molar-refractivity contribution < 1.29 is 19.4 Å². The summed E-state index contributed by atoms with van der Waals surface area (Å²) in [5.74, 6) is 1.54. The summed E-state index contributed by atoms with van der Waals surface area (Å²) in [5, 5.41) is 9.45. The Kier molecular flexibility index (Phi) is 8.90. The van der Waals surface area contributed by atoms with Gasteiger partial charge in [0, 0.05) is 17.5 Å². The lowest BCUT2D eigenvalue weighted by Gasteiger charge is -2.24. The first-order chi connectivity index (χ1) is 13.1. The van der Waals surface area contributed by atoms with E-state index in [9.17, 15) is 4.79 Å². The Morgan fingerprint density at radius 2 is 1.68 bits per heavy atom. The van der Waals surface area contributed by atoms with Crippen LogP contribution < -0.4 is 9.47 Å². The number of halogens is 2. The minimum absolute atomic E-state index is 0. The highest BCUT2D eigenvalue weighted by molar-refractivity contribution is 6.30. The molecular weight excluding hydrogens is 401 g/mol. The van der Waals surface area contributed by atoms with Crippen LogP contribution in [0.2, 0.25) is 5.02 Å². The number of hydrogen-bond acceptors (Lipinski definition) is 4. The Morgan fingerprint density at radius 1 is 1.07 bits per heavy atom. The lowest BCUT2D eigenvalue weighted by Crippen LogP contribution is -2.35. The van der Waals surface area contributed by atoms with Crippen molar-refractivity contribution >= 4 is 30.0 Å². The number of carbonyl (C=O) groups is 1. The maximum Gasteiger partial charge on any atom is 0.303 e. The van der Waals surface area contributed by atoms with Gasteiger partial charge in [-0.15, -0.1) is 12.4 Å². The third kappa shape index (κ3) is 6.89. The first-order valence-corrected chi connectivity index (χ1v) is 9.60. The van der Waals surface area contributed by atoms with E-state index in [4.69, 9.17) is 26.2 Å². The first-order valence-electron chi connectivity index (χ1n) is 9.22. The van der Waals surface area contributed by atoms with Crippen molar-refractivity contribution in [2.45, 2.75) is 31.7 Å². The second kappa shape index (κ2) is 11.1. The molecule has 0 spiro atoms. The number of likely N-dealkylation sites (tertiary alicyclic amines) is 1. The van der Waals surface area contributed by atoms with E-state index in [0.29, 0.717) is 24.1 Å². The van der Waals surface area contributed by atoms with Gasteiger partial charge in [0.1, 0.15) is 23.9 Å². The van der Waals surface area contributed by atoms with E-state index in [1.165, 1.54) is 0 Å². The zero-order chi connectivity index (χ0) is 19.1. The van der Waals surface area contributed by atoms with Crippen LogP contribution in [-0.2, 0) is 4.79 Å². The molecule has 1 saturated heterocycles. The molecule has 1 fully saturated rings. The maximum absolute atomic E-state index is 10.7. The number of nitrogens with zero attached hydrogens (tertiary/aromatic N) is 1. The molecule has 1 aliphatic rings. The van der Waals surface area contributed by atoms with Gasteiger partial charge in [-0.05, 0) is 80.9 Å². The van der Waals surface area contributed by atoms with Gasteiger partial charge in [0.2, 0.25) is 0 Å². The molecule has 1 unspecified atom stereocenters. The Bertz CT molecular complexity index is 737. The second-order valence-corrected chi connectivity index (χ2v) is 7.10. The number of carboxylic acids is 1. The molecule has 0 radical (unpaired) electrons. The standard InChI is InChI=1S/C21H24ClNO4.ClH/c22-16-5-7-19(8-6-16)27-20-11-9-18(10-12-20)26-15-17-3-1-13-23(17)14-2-4-21(24)25;/h5-12,17H,1-4,13-15H2,(H,24,25);1H. The molecule has 1 atom stereocenters. The van der Waals surface area contributed by atoms with Crippen molar-refractivity contribution in [1.82, 2.24) is 4.90 Å². The zero-order valence-corrected chi connectivity index (χ0v) is 17.1. The van der Waals surface area contributed by atoms with Gasteiger partial charge in [0.15, 0.2) is 0 Å². The van der Waals surface area contributed by atoms with Crippen molar-refractivity contribution in [2.24, 2.45) is 0 Å². The molecule has 3 rings (SSSR count). The number of benzene rings is 2. The molecule has 2 aromatic carbocycles. The number of carboxylic acid groups (broad SMARTS) is 1. The summed E-state index contributed by atoms with van der Waals surface area (Å²) in [6.45, 7) is 2.44. The van der Waals surface area contributed by atoms with E-state index in [1.54, 1.807) is 12.1 Å². The molecule has 0 aliphatic carbocycles. The average molecular weight is 426 g/mol. The van der Waals surface area contributed by atoms with Crippen LogP contribution in [0.3, 0.4) is 0 Å². The van der Waals surface area contributed by atoms with Crippen LogP contribution in [0.4, 0.5) is 0 Å². The molecule has 28 heavy (non-hydrogen) atoms. The van der Waals surface area contributed by atoms with Crippen molar-refractivity contribution in [3.05, 3.63) is 53.6 Å². The van der Waals surface area contributed by atoms with E-state index in [0.717, 1.165) is 43.2 Å². The van der Waals surface area contributed by atoms with Crippen LogP contribution >= 0.6 is 24.0 Å². The van der Waals surface area contributed by atoms with Crippen molar-refractivity contribution in [3.63, 3.8) is 0 Å². The van der Waals surface area contributed by atoms with E-state index in [2.05, 4.69) is 4.90 Å². The third-order valence-electron chi connectivity index (χ3n) is 4.65. The molecule has 0 saturated carbocycles. The van der Waals surface area contributed by atoms with Crippen molar-refractivity contribution in [3.8, 4) is 17.2 Å². The molecular formula is C21H25Cl2NO4. The Hall–Kier alpha value is -1.95. The Labute approximate surface area is 176 Å². The summed E-state index contributed by atoms with van der Waals surface area (Å²) < 4.78 is 11.7. The zero-order valence-electron chi connectivity index (χ0n) is 15.6. The molecule has 0 aromatic heterocycles. The molecule has 7 heteroatoms. The Morgan fingerprint density at radius 3 is 2.32 bits per heavy atom. The molecule has 1 aliphatic heterocycles. The van der Waals surface area contributed by atoms with E-state index < -0.39 is 5.97 Å². The minimum atomic E-state index is -0.733. The molecule has 1 N–H and O–H groups in total. The molecule has 1 heterocycles. The van der Waals surface area contributed by atoms with Crippen LogP contribution in [0, 0.1) is 0 Å². The Balaban J connectivity index is 0.00000280. The van der Waals surface area contributed by atoms with Gasteiger partial charge in [-0.2, -0.15) is 0 Å². The second-order valence-electron chi connectivity index (χ2n) is 6.67. The van der Waals surface area contributed by atoms with Crippen molar-refractivity contribution in [1.29, 1.82) is 0 Å². The predicted molar refractivity (Wildman–Crippen MR) is 112 cm³/mol. The van der Waals surface area contributed by atoms with Gasteiger partial charge in [-0.3, -0.25) is 9.69 Å². The number of ether oxygens (including phenoxy) is 2. The fraction of sp³-hybridized carbons (Fsp3) is 0.381. The highest BCUT2D eigenvalue weighted by Crippen LogP contribution is 2.26. The third-order valence-corrected chi connectivity index (χ3v) is 4.90. The van der Waals surface area contributed by atoms with Crippen LogP contribution in [0.5, 0.6) is 17.2 Å². The van der Waals surface area contributed by atoms with Crippen molar-refractivity contribution in [2.75, 3.05) is 19.7 Å². The monoisotopic (exact) mass is 425 g/mol. The van der Waals surface area contributed by atoms with Gasteiger partial charge in [-0.25, -0.2) is 0 Å². The summed E-state index contributed by atoms with van der Waals surface area (Å²) in [6, 6.07) is 15.1. The lowest BCUT2D eigenvalue weighted by atomic mass is 10.2. The van der Waals surface area contributed by atoms with Gasteiger partial charge in [0.05, 0.1) is 0 Å². The molecule has 152 valence electrons. The first kappa shape index (κ1) is 22.3. The predicted octanol–water partition coefficient (Wildman–Crippen LogP) is 5.26. The smallest absolute Gasteiger partial charge is 0.303 e. The quantitative estimate of drug-likeness (QED) is 0.593. The van der Waals surface area contributed by atoms with Gasteiger partial charge in [-0.1, -0.05) is 11.6 Å². The summed E-state index contributed by atoms with van der Waals surface area (Å²) in [7, 11) is 0.